The Balaban J connectivity index is 0.00000267. The molecule has 0 saturated carbocycles. The summed E-state index contributed by atoms with van der Waals surface area (Å²) in [6.45, 7) is 0. The summed E-state index contributed by atoms with van der Waals surface area (Å²) in [5.41, 5.74) is 4.42. The second kappa shape index (κ2) is 27.3. The van der Waals surface area contributed by atoms with Crippen molar-refractivity contribution >= 4 is 142 Å². The molecule has 0 fully saturated rings. The van der Waals surface area contributed by atoms with Crippen LogP contribution in [0.3, 0.4) is 0 Å². The molecule has 0 spiro atoms. The summed E-state index contributed by atoms with van der Waals surface area (Å²) in [5, 5.41) is 41.2. The number of phenols is 1. The number of fused-ring (bicyclic) bond motifs is 1. The van der Waals surface area contributed by atoms with E-state index in [1.54, 1.807) is 0 Å². The topological polar surface area (TPSA) is 301 Å². The van der Waals surface area contributed by atoms with Gasteiger partial charge in [-0.3, -0.25) is 5.04 Å². The zero-order chi connectivity index (χ0) is 42.2. The maximum atomic E-state index is 13.6. The molecule has 20 nitrogen and oxygen atoms in total. The van der Waals surface area contributed by atoms with Gasteiger partial charge in [-0.05, 0) is 77.7 Å². The number of anilines is 6. The van der Waals surface area contributed by atoms with Gasteiger partial charge in [-0.1, -0.05) is 6.07 Å². The summed E-state index contributed by atoms with van der Waals surface area (Å²) < 4.78 is 102. The van der Waals surface area contributed by atoms with Gasteiger partial charge in [0.25, 0.3) is 0 Å². The van der Waals surface area contributed by atoms with E-state index < -0.39 is 53.5 Å². The average molecular weight is 1350 g/mol. The number of benzene rings is 4. The molecule has 0 unspecified atom stereocenters. The molecule has 0 atom stereocenters. The maximum Gasteiger partial charge on any atom is 1.00 e. The van der Waals surface area contributed by atoms with E-state index in [0.29, 0.717) is 0 Å². The molecular formula is C29H17BClF2I2N10Na3O10S3W. The van der Waals surface area contributed by atoms with Gasteiger partial charge in [-0.15, -0.1) is 10.2 Å². The largest absolute Gasteiger partial charge is 1.00 e. The molecular weight excluding hydrogens is 1340 g/mol. The van der Waals surface area contributed by atoms with Crippen LogP contribution in [-0.4, -0.2) is 61.7 Å². The van der Waals surface area contributed by atoms with E-state index in [9.17, 15) is 45.1 Å². The summed E-state index contributed by atoms with van der Waals surface area (Å²) in [4.78, 5) is 16.8. The van der Waals surface area contributed by atoms with Crippen LogP contribution < -0.4 is 110 Å². The number of hydrogen-bond donors (Lipinski definition) is 4. The maximum absolute atomic E-state index is 13.6. The number of phenolic OH excluding ortho intramolecular Hbond substituents is 1. The zero-order valence-electron chi connectivity index (χ0n) is 31.3. The van der Waals surface area contributed by atoms with Crippen LogP contribution in [0.2, 0.25) is 5.28 Å². The van der Waals surface area contributed by atoms with Gasteiger partial charge in [0.15, 0.2) is 5.75 Å². The number of azo groups is 1. The van der Waals surface area contributed by atoms with E-state index in [-0.39, 0.29) is 200 Å². The van der Waals surface area contributed by atoms with E-state index in [2.05, 4.69) is 79.1 Å². The number of halogens is 5. The second-order valence-corrected chi connectivity index (χ2v) is 18.3. The normalized spacial score (nSPS) is 11.0. The molecule has 6 aromatic rings. The first-order valence-corrected chi connectivity index (χ1v) is 26.9. The standard InChI is InChI=1S/C29H19ClF2N10O10S3.BHI2.3Na.W/c30-26-38-28(34-14-2-1-3-17(10-14)54(45,46)47)40-29(39-26)35-16-5-7-21(55(48,49)50)19(11-16)41-42-24-20(53-52-51-44)9-13-8-15(4-6-18(13)25(24)43)33-23-12-22(31)36-27(32)37-23;1-3-2;;;;/h1-12,43-44H,(H,33,36,37)(H,45,46,47)(H,48,49,50)(H2,34,35,38,39,40);3H;;;;/q;;3*+1;/p-3. The first kappa shape index (κ1) is 59.5. The van der Waals surface area contributed by atoms with Crippen LogP contribution in [0.4, 0.5) is 54.9 Å². The van der Waals surface area contributed by atoms with Crippen molar-refractivity contribution in [1.29, 1.82) is 0 Å². The fraction of sp³-hybridized carbons (Fsp3) is 0. The van der Waals surface area contributed by atoms with Crippen LogP contribution in [0.5, 0.6) is 5.75 Å². The number of rotatable bonds is 13. The van der Waals surface area contributed by atoms with Crippen molar-refractivity contribution in [3.63, 3.8) is 0 Å². The third-order valence-corrected chi connectivity index (χ3v) is 9.37. The Labute approximate surface area is 461 Å². The molecule has 4 aromatic carbocycles. The van der Waals surface area contributed by atoms with Crippen molar-refractivity contribution in [1.82, 2.24) is 24.9 Å². The van der Waals surface area contributed by atoms with Gasteiger partial charge >= 0.3 is 136 Å². The number of nitrogens with one attached hydrogen (secondary N) is 3. The molecule has 0 saturated heterocycles. The molecule has 308 valence electrons. The SMILES string of the molecule is O=S(=O)([O-])c1cccc(Nc2nc(Cl)nc(Nc3ccc(S(=O)(=O)[O-])c(N=Nc4c(SOO[O-])cc5cc(Nc6cc(F)nc(F)n6)ccc5c4O)c3)n2)c1.[B][IH]I.[Na+].[Na+].[Na+].[W]. The Bertz CT molecular complexity index is 2760. The van der Waals surface area contributed by atoms with Crippen LogP contribution >= 0.6 is 59.3 Å². The Morgan fingerprint density at radius 1 is 0.823 bits per heavy atom. The minimum Gasteiger partial charge on any atom is 0 e. The molecule has 2 heterocycles. The van der Waals surface area contributed by atoms with Crippen molar-refractivity contribution in [3.05, 3.63) is 90.1 Å². The first-order valence-electron chi connectivity index (χ1n) is 14.9. The Morgan fingerprint density at radius 3 is 2.03 bits per heavy atom. The fourth-order valence-electron chi connectivity index (χ4n) is 4.68. The molecule has 33 heteroatoms. The van der Waals surface area contributed by atoms with E-state index >= 15 is 0 Å². The second-order valence-electron chi connectivity index (χ2n) is 10.6. The van der Waals surface area contributed by atoms with Crippen LogP contribution in [0.15, 0.2) is 97.7 Å². The Kier molecular flexibility index (Phi) is 26.2. The molecule has 0 aliphatic carbocycles. The molecule has 0 aliphatic heterocycles. The van der Waals surface area contributed by atoms with Crippen molar-refractivity contribution < 1.29 is 164 Å². The van der Waals surface area contributed by atoms with E-state index in [0.717, 1.165) is 36.4 Å². The van der Waals surface area contributed by atoms with Gasteiger partial charge < -0.3 is 35.4 Å². The number of hydrogen-bond acceptors (Lipinski definition) is 21. The third-order valence-electron chi connectivity index (χ3n) is 6.87. The van der Waals surface area contributed by atoms with Crippen LogP contribution in [0, 0.1) is 12.0 Å². The molecule has 6 rings (SSSR count). The summed E-state index contributed by atoms with van der Waals surface area (Å²) in [5.74, 6) is -2.37. The Hall–Kier alpha value is -0.557. The van der Waals surface area contributed by atoms with Crippen LogP contribution in [-0.2, 0) is 50.7 Å². The van der Waals surface area contributed by atoms with Crippen LogP contribution in [0.25, 0.3) is 10.8 Å². The number of aromatic nitrogens is 5. The molecule has 0 bridgehead atoms. The monoisotopic (exact) mass is 1350 g/mol. The van der Waals surface area contributed by atoms with Crippen molar-refractivity contribution in [2.45, 2.75) is 14.7 Å². The Morgan fingerprint density at radius 2 is 1.44 bits per heavy atom. The van der Waals surface area contributed by atoms with Crippen molar-refractivity contribution in [3.8, 4) is 5.75 Å². The summed E-state index contributed by atoms with van der Waals surface area (Å²) in [6.07, 6.45) is -1.32. The summed E-state index contributed by atoms with van der Waals surface area (Å²) in [7, 11) is -9.96. The number of nitrogens with zero attached hydrogens (tertiary/aromatic N) is 7. The van der Waals surface area contributed by atoms with Gasteiger partial charge in [-0.25, -0.2) is 16.8 Å². The quantitative estimate of drug-likeness (QED) is 0.0105. The predicted molar refractivity (Wildman–Crippen MR) is 218 cm³/mol. The minimum absolute atomic E-state index is 0. The fourth-order valence-corrected chi connectivity index (χ4v) is 6.44. The molecule has 0 amide bonds. The predicted octanol–water partition coefficient (Wildman–Crippen LogP) is -2.73. The molecule has 4 N–H and O–H groups in total. The summed E-state index contributed by atoms with van der Waals surface area (Å²) in [6, 6.07) is 14.3. The third kappa shape index (κ3) is 17.3. The van der Waals surface area contributed by atoms with Gasteiger partial charge in [-0.2, -0.15) is 38.0 Å². The van der Waals surface area contributed by atoms with Gasteiger partial charge in [0.2, 0.25) is 23.1 Å². The average Bonchev–Trinajstić information content (AvgIpc) is 3.12. The minimum atomic E-state index is -5.18. The van der Waals surface area contributed by atoms with Gasteiger partial charge in [0, 0.05) is 49.6 Å². The van der Waals surface area contributed by atoms with E-state index in [4.69, 9.17) is 17.3 Å². The number of aromatic hydroxyl groups is 1. The van der Waals surface area contributed by atoms with Gasteiger partial charge in [0.1, 0.15) is 37.4 Å². The summed E-state index contributed by atoms with van der Waals surface area (Å²) >= 11 is 8.45. The van der Waals surface area contributed by atoms with Gasteiger partial charge in [0.05, 0.1) is 26.7 Å². The molecule has 2 aromatic heterocycles. The van der Waals surface area contributed by atoms with E-state index in [1.807, 2.05) is 0 Å². The first-order chi connectivity index (χ1) is 27.5. The molecule has 0 aliphatic rings. The van der Waals surface area contributed by atoms with E-state index in [1.165, 1.54) is 36.4 Å². The van der Waals surface area contributed by atoms with Crippen molar-refractivity contribution in [2.75, 3.05) is 16.0 Å². The van der Waals surface area contributed by atoms with Crippen LogP contribution in [0.1, 0.15) is 0 Å². The molecule has 2 radical (unpaired) electrons. The molecule has 62 heavy (non-hydrogen) atoms. The zero-order valence-corrected chi connectivity index (χ0v) is 47.9. The van der Waals surface area contributed by atoms with Crippen molar-refractivity contribution in [2.24, 2.45) is 10.2 Å². The smallest absolute Gasteiger partial charge is 0 e.